The summed E-state index contributed by atoms with van der Waals surface area (Å²) in [5, 5.41) is 29.7. The molecular weight excluding hydrogens is 174 g/mol. The summed E-state index contributed by atoms with van der Waals surface area (Å²) in [6.45, 7) is 3.59. The highest BCUT2D eigenvalue weighted by atomic mass is 16.3. The fourth-order valence-electron chi connectivity index (χ4n) is 0.932. The highest BCUT2D eigenvalue weighted by Crippen LogP contribution is 2.02. The Hall–Kier alpha value is -0.650. The molecule has 3 atom stereocenters. The van der Waals surface area contributed by atoms with E-state index >= 15 is 0 Å². The van der Waals surface area contributed by atoms with E-state index in [0.29, 0.717) is 6.54 Å². The van der Waals surface area contributed by atoms with Crippen LogP contribution in [0, 0.1) is 0 Å². The summed E-state index contributed by atoms with van der Waals surface area (Å²) < 4.78 is 0. The number of hydrogen-bond donors (Lipinski definition) is 4. The van der Waals surface area contributed by atoms with Crippen molar-refractivity contribution in [3.8, 4) is 0 Å². The summed E-state index contributed by atoms with van der Waals surface area (Å²) in [6, 6.07) is 0. The van der Waals surface area contributed by atoms with Crippen molar-refractivity contribution in [2.45, 2.75) is 38.6 Å². The van der Waals surface area contributed by atoms with Gasteiger partial charge in [0.2, 0.25) is 0 Å². The van der Waals surface area contributed by atoms with Gasteiger partial charge in [0.1, 0.15) is 0 Å². The highest BCUT2D eigenvalue weighted by molar-refractivity contribution is 5.80. The minimum absolute atomic E-state index is 0.0156. The third-order valence-electron chi connectivity index (χ3n) is 1.57. The lowest BCUT2D eigenvalue weighted by Gasteiger charge is -2.17. The first-order valence-corrected chi connectivity index (χ1v) is 4.31. The largest absolute Gasteiger partial charge is 0.393 e. The number of carbonyl (C=O) groups excluding carboxylic acids is 1. The summed E-state index contributed by atoms with van der Waals surface area (Å²) in [6.07, 6.45) is -3.43. The molecule has 0 spiro atoms. The summed E-state index contributed by atoms with van der Waals surface area (Å²) in [4.78, 5) is 11.0. The van der Waals surface area contributed by atoms with Gasteiger partial charge in [-0.25, -0.2) is 0 Å². The average molecular weight is 191 g/mol. The Morgan fingerprint density at radius 2 is 1.92 bits per heavy atom. The van der Waals surface area contributed by atoms with Crippen molar-refractivity contribution in [2.75, 3.05) is 6.54 Å². The molecule has 0 saturated heterocycles. The topological polar surface area (TPSA) is 89.8 Å². The van der Waals surface area contributed by atoms with E-state index in [9.17, 15) is 15.0 Å². The van der Waals surface area contributed by atoms with Crippen molar-refractivity contribution < 1.29 is 20.1 Å². The van der Waals surface area contributed by atoms with Gasteiger partial charge in [0.25, 0.3) is 5.91 Å². The van der Waals surface area contributed by atoms with E-state index in [-0.39, 0.29) is 6.42 Å². The molecule has 5 heteroatoms. The molecule has 0 unspecified atom stereocenters. The molecule has 0 aliphatic carbocycles. The van der Waals surface area contributed by atoms with Gasteiger partial charge in [-0.1, -0.05) is 0 Å². The molecule has 4 N–H and O–H groups in total. The van der Waals surface area contributed by atoms with E-state index in [1.165, 1.54) is 6.92 Å². The number of rotatable bonds is 5. The fourth-order valence-corrected chi connectivity index (χ4v) is 0.932. The number of carbonyl (C=O) groups is 1. The lowest BCUT2D eigenvalue weighted by molar-refractivity contribution is -0.136. The second-order valence-electron chi connectivity index (χ2n) is 2.99. The van der Waals surface area contributed by atoms with E-state index in [1.807, 2.05) is 0 Å². The Balaban J connectivity index is 3.93. The molecule has 1 amide bonds. The van der Waals surface area contributed by atoms with Crippen LogP contribution in [0.15, 0.2) is 0 Å². The maximum atomic E-state index is 11.0. The van der Waals surface area contributed by atoms with Gasteiger partial charge in [0, 0.05) is 13.0 Å². The fraction of sp³-hybridized carbons (Fsp3) is 0.875. The summed E-state index contributed by atoms with van der Waals surface area (Å²) >= 11 is 0. The quantitative estimate of drug-likeness (QED) is 0.431. The van der Waals surface area contributed by atoms with E-state index in [0.717, 1.165) is 0 Å². The van der Waals surface area contributed by atoms with Crippen molar-refractivity contribution in [3.05, 3.63) is 0 Å². The first kappa shape index (κ1) is 12.3. The SMILES string of the molecule is CCNC(=O)[C@H](O)[C@@H](O)C[C@@H](C)O. The Morgan fingerprint density at radius 3 is 2.31 bits per heavy atom. The minimum Gasteiger partial charge on any atom is -0.393 e. The van der Waals surface area contributed by atoms with Gasteiger partial charge in [-0.3, -0.25) is 4.79 Å². The van der Waals surface area contributed by atoms with Crippen LogP contribution in [0.25, 0.3) is 0 Å². The zero-order valence-electron chi connectivity index (χ0n) is 7.90. The molecule has 0 aliphatic heterocycles. The van der Waals surface area contributed by atoms with Gasteiger partial charge in [0.05, 0.1) is 12.2 Å². The zero-order chi connectivity index (χ0) is 10.4. The molecule has 5 nitrogen and oxygen atoms in total. The normalized spacial score (nSPS) is 17.6. The van der Waals surface area contributed by atoms with Crippen molar-refractivity contribution in [1.82, 2.24) is 5.32 Å². The van der Waals surface area contributed by atoms with E-state index in [1.54, 1.807) is 6.92 Å². The maximum absolute atomic E-state index is 11.0. The van der Waals surface area contributed by atoms with E-state index < -0.39 is 24.2 Å². The van der Waals surface area contributed by atoms with Crippen LogP contribution in [0.5, 0.6) is 0 Å². The van der Waals surface area contributed by atoms with Crippen molar-refractivity contribution in [2.24, 2.45) is 0 Å². The number of aliphatic hydroxyl groups is 3. The molecular formula is C8H17NO4. The first-order valence-electron chi connectivity index (χ1n) is 4.31. The van der Waals surface area contributed by atoms with Crippen molar-refractivity contribution in [1.29, 1.82) is 0 Å². The molecule has 0 aromatic carbocycles. The first-order chi connectivity index (χ1) is 5.99. The number of aliphatic hydroxyl groups excluding tert-OH is 3. The Kier molecular flexibility index (Phi) is 5.61. The molecule has 0 bridgehead atoms. The average Bonchev–Trinajstić information content (AvgIpc) is 2.02. The molecule has 13 heavy (non-hydrogen) atoms. The van der Waals surface area contributed by atoms with Crippen molar-refractivity contribution in [3.63, 3.8) is 0 Å². The van der Waals surface area contributed by atoms with Crippen LogP contribution in [-0.4, -0.2) is 46.1 Å². The Labute approximate surface area is 77.4 Å². The van der Waals surface area contributed by atoms with Gasteiger partial charge < -0.3 is 20.6 Å². The molecule has 0 rings (SSSR count). The van der Waals surface area contributed by atoms with Crippen LogP contribution >= 0.6 is 0 Å². The van der Waals surface area contributed by atoms with Crippen LogP contribution < -0.4 is 5.32 Å². The van der Waals surface area contributed by atoms with Gasteiger partial charge >= 0.3 is 0 Å². The van der Waals surface area contributed by atoms with Crippen LogP contribution in [-0.2, 0) is 4.79 Å². The summed E-state index contributed by atoms with van der Waals surface area (Å²) in [5.41, 5.74) is 0. The smallest absolute Gasteiger partial charge is 0.251 e. The number of amides is 1. The predicted octanol–water partition coefficient (Wildman–Crippen LogP) is -1.38. The lowest BCUT2D eigenvalue weighted by Crippen LogP contribution is -2.43. The van der Waals surface area contributed by atoms with Crippen LogP contribution in [0.4, 0.5) is 0 Å². The zero-order valence-corrected chi connectivity index (χ0v) is 7.90. The predicted molar refractivity (Wildman–Crippen MR) is 47.0 cm³/mol. The molecule has 0 radical (unpaired) electrons. The molecule has 0 aromatic heterocycles. The van der Waals surface area contributed by atoms with Crippen LogP contribution in [0.1, 0.15) is 20.3 Å². The van der Waals surface area contributed by atoms with Crippen LogP contribution in [0.3, 0.4) is 0 Å². The molecule has 0 heterocycles. The second kappa shape index (κ2) is 5.90. The summed E-state index contributed by atoms with van der Waals surface area (Å²) in [5.74, 6) is -0.615. The minimum atomic E-state index is -1.46. The highest BCUT2D eigenvalue weighted by Gasteiger charge is 2.24. The molecule has 78 valence electrons. The van der Waals surface area contributed by atoms with Gasteiger partial charge in [0.15, 0.2) is 6.10 Å². The third-order valence-corrected chi connectivity index (χ3v) is 1.57. The number of hydrogen-bond acceptors (Lipinski definition) is 4. The van der Waals surface area contributed by atoms with Gasteiger partial charge in [-0.15, -0.1) is 0 Å². The standard InChI is InChI=1S/C8H17NO4/c1-3-9-8(13)7(12)6(11)4-5(2)10/h5-7,10-12H,3-4H2,1-2H3,(H,9,13)/t5-,6+,7-/m1/s1. The summed E-state index contributed by atoms with van der Waals surface area (Å²) in [7, 11) is 0. The lowest BCUT2D eigenvalue weighted by atomic mass is 10.1. The second-order valence-corrected chi connectivity index (χ2v) is 2.99. The van der Waals surface area contributed by atoms with Gasteiger partial charge in [-0.05, 0) is 13.8 Å². The monoisotopic (exact) mass is 191 g/mol. The molecule has 0 saturated carbocycles. The van der Waals surface area contributed by atoms with Crippen LogP contribution in [0.2, 0.25) is 0 Å². The van der Waals surface area contributed by atoms with E-state index in [2.05, 4.69) is 5.32 Å². The molecule has 0 aliphatic rings. The Morgan fingerprint density at radius 1 is 1.38 bits per heavy atom. The maximum Gasteiger partial charge on any atom is 0.251 e. The molecule has 0 aromatic rings. The van der Waals surface area contributed by atoms with E-state index in [4.69, 9.17) is 5.11 Å². The molecule has 0 fully saturated rings. The van der Waals surface area contributed by atoms with Crippen molar-refractivity contribution >= 4 is 5.91 Å². The number of likely N-dealkylation sites (N-methyl/N-ethyl adjacent to an activating group) is 1. The number of nitrogens with one attached hydrogen (secondary N) is 1. The third kappa shape index (κ3) is 4.82. The Bertz CT molecular complexity index is 160. The van der Waals surface area contributed by atoms with Gasteiger partial charge in [-0.2, -0.15) is 0 Å².